The lowest BCUT2D eigenvalue weighted by molar-refractivity contribution is 0.0949. The first-order chi connectivity index (χ1) is 7.29. The quantitative estimate of drug-likeness (QED) is 0.800. The van der Waals surface area contributed by atoms with Gasteiger partial charge in [0.05, 0.1) is 6.61 Å². The summed E-state index contributed by atoms with van der Waals surface area (Å²) in [6, 6.07) is 3.44. The van der Waals surface area contributed by atoms with Crippen molar-refractivity contribution in [2.75, 3.05) is 13.2 Å². The number of nitrogens with zero attached hydrogens (tertiary/aromatic N) is 1. The second-order valence-electron chi connectivity index (χ2n) is 3.05. The van der Waals surface area contributed by atoms with E-state index in [2.05, 4.69) is 10.3 Å². The Morgan fingerprint density at radius 1 is 1.53 bits per heavy atom. The molecule has 0 aliphatic rings. The van der Waals surface area contributed by atoms with Crippen LogP contribution in [0.5, 0.6) is 5.88 Å². The van der Waals surface area contributed by atoms with Crippen molar-refractivity contribution in [2.45, 2.75) is 20.3 Å². The maximum atomic E-state index is 11.7. The highest BCUT2D eigenvalue weighted by atomic mass is 16.5. The molecule has 0 spiro atoms. The first-order valence-corrected chi connectivity index (χ1v) is 5.15. The maximum absolute atomic E-state index is 11.7. The molecule has 1 rings (SSSR count). The van der Waals surface area contributed by atoms with E-state index < -0.39 is 0 Å². The van der Waals surface area contributed by atoms with Crippen molar-refractivity contribution in [2.24, 2.45) is 0 Å². The molecule has 0 aliphatic heterocycles. The van der Waals surface area contributed by atoms with Crippen molar-refractivity contribution in [1.29, 1.82) is 0 Å². The number of hydrogen-bond donors (Lipinski definition) is 1. The Morgan fingerprint density at radius 3 is 3.00 bits per heavy atom. The third-order valence-electron chi connectivity index (χ3n) is 1.83. The number of carbonyl (C=O) groups is 1. The largest absolute Gasteiger partial charge is 0.477 e. The minimum atomic E-state index is -0.131. The molecule has 0 atom stereocenters. The van der Waals surface area contributed by atoms with Crippen LogP contribution in [0.2, 0.25) is 0 Å². The Kier molecular flexibility index (Phi) is 4.60. The number of rotatable bonds is 5. The minimum Gasteiger partial charge on any atom is -0.477 e. The standard InChI is InChI=1S/C11H16N2O2/c1-3-7-12-10(14)9-6-5-8-13-11(9)15-4-2/h5-6,8H,3-4,7H2,1-2H3,(H,12,14). The normalized spacial score (nSPS) is 9.73. The average molecular weight is 208 g/mol. The van der Waals surface area contributed by atoms with Gasteiger partial charge in [0.15, 0.2) is 0 Å². The van der Waals surface area contributed by atoms with Crippen molar-refractivity contribution in [3.05, 3.63) is 23.9 Å². The third-order valence-corrected chi connectivity index (χ3v) is 1.83. The summed E-state index contributed by atoms with van der Waals surface area (Å²) in [5.74, 6) is 0.266. The summed E-state index contributed by atoms with van der Waals surface area (Å²) < 4.78 is 5.27. The van der Waals surface area contributed by atoms with Crippen molar-refractivity contribution >= 4 is 5.91 Å². The summed E-state index contributed by atoms with van der Waals surface area (Å²) >= 11 is 0. The van der Waals surface area contributed by atoms with Gasteiger partial charge in [0.2, 0.25) is 5.88 Å². The Morgan fingerprint density at radius 2 is 2.33 bits per heavy atom. The molecule has 0 saturated heterocycles. The van der Waals surface area contributed by atoms with Gasteiger partial charge in [-0.25, -0.2) is 4.98 Å². The van der Waals surface area contributed by atoms with Crippen molar-refractivity contribution in [3.63, 3.8) is 0 Å². The molecule has 0 aromatic carbocycles. The Bertz CT molecular complexity index is 326. The molecule has 0 radical (unpaired) electrons. The van der Waals surface area contributed by atoms with Gasteiger partial charge in [0, 0.05) is 12.7 Å². The van der Waals surface area contributed by atoms with Crippen molar-refractivity contribution < 1.29 is 9.53 Å². The molecule has 82 valence electrons. The lowest BCUT2D eigenvalue weighted by Gasteiger charge is -2.08. The first kappa shape index (κ1) is 11.5. The lowest BCUT2D eigenvalue weighted by atomic mass is 10.2. The third kappa shape index (κ3) is 3.23. The van der Waals surface area contributed by atoms with Crippen LogP contribution in [0.3, 0.4) is 0 Å². The molecule has 0 aliphatic carbocycles. The van der Waals surface area contributed by atoms with Crippen LogP contribution < -0.4 is 10.1 Å². The molecule has 4 nitrogen and oxygen atoms in total. The highest BCUT2D eigenvalue weighted by molar-refractivity contribution is 5.96. The zero-order valence-electron chi connectivity index (χ0n) is 9.12. The van der Waals surface area contributed by atoms with E-state index in [0.29, 0.717) is 24.6 Å². The second-order valence-corrected chi connectivity index (χ2v) is 3.05. The predicted octanol–water partition coefficient (Wildman–Crippen LogP) is 1.62. The topological polar surface area (TPSA) is 51.2 Å². The van der Waals surface area contributed by atoms with Crippen LogP contribution >= 0.6 is 0 Å². The van der Waals surface area contributed by atoms with Gasteiger partial charge in [0.25, 0.3) is 5.91 Å². The SMILES string of the molecule is CCCNC(=O)c1cccnc1OCC. The number of aromatic nitrogens is 1. The predicted molar refractivity (Wildman–Crippen MR) is 58.0 cm³/mol. The van der Waals surface area contributed by atoms with E-state index in [0.717, 1.165) is 6.42 Å². The van der Waals surface area contributed by atoms with Crippen LogP contribution in [0.4, 0.5) is 0 Å². The fourth-order valence-electron chi connectivity index (χ4n) is 1.15. The molecule has 0 saturated carbocycles. The second kappa shape index (κ2) is 6.01. The van der Waals surface area contributed by atoms with E-state index in [9.17, 15) is 4.79 Å². The number of amides is 1. The molecule has 15 heavy (non-hydrogen) atoms. The zero-order valence-corrected chi connectivity index (χ0v) is 9.12. The van der Waals surface area contributed by atoms with E-state index >= 15 is 0 Å². The number of nitrogens with one attached hydrogen (secondary N) is 1. The fraction of sp³-hybridized carbons (Fsp3) is 0.455. The monoisotopic (exact) mass is 208 g/mol. The van der Waals surface area contributed by atoms with Gasteiger partial charge in [-0.2, -0.15) is 0 Å². The Labute approximate surface area is 89.7 Å². The van der Waals surface area contributed by atoms with Gasteiger partial charge < -0.3 is 10.1 Å². The summed E-state index contributed by atoms with van der Waals surface area (Å²) in [4.78, 5) is 15.7. The molecule has 1 aromatic heterocycles. The molecule has 1 aromatic rings. The Balaban J connectivity index is 2.77. The molecular formula is C11H16N2O2. The van der Waals surface area contributed by atoms with Crippen LogP contribution in [0, 0.1) is 0 Å². The maximum Gasteiger partial charge on any atom is 0.256 e. The van der Waals surface area contributed by atoms with Gasteiger partial charge in [-0.3, -0.25) is 4.79 Å². The summed E-state index contributed by atoms with van der Waals surface area (Å²) in [6.45, 7) is 5.04. The Hall–Kier alpha value is -1.58. The molecule has 1 amide bonds. The van der Waals surface area contributed by atoms with Crippen LogP contribution in [-0.4, -0.2) is 24.0 Å². The summed E-state index contributed by atoms with van der Waals surface area (Å²) in [5, 5.41) is 2.79. The number of carbonyl (C=O) groups excluding carboxylic acids is 1. The van der Waals surface area contributed by atoms with E-state index in [1.807, 2.05) is 13.8 Å². The van der Waals surface area contributed by atoms with Crippen LogP contribution in [0.25, 0.3) is 0 Å². The zero-order chi connectivity index (χ0) is 11.1. The van der Waals surface area contributed by atoms with Gasteiger partial charge in [-0.15, -0.1) is 0 Å². The lowest BCUT2D eigenvalue weighted by Crippen LogP contribution is -2.24. The molecule has 0 fully saturated rings. The minimum absolute atomic E-state index is 0.131. The molecule has 1 heterocycles. The van der Waals surface area contributed by atoms with Gasteiger partial charge in [0.1, 0.15) is 5.56 Å². The van der Waals surface area contributed by atoms with E-state index in [-0.39, 0.29) is 5.91 Å². The summed E-state index contributed by atoms with van der Waals surface area (Å²) in [5.41, 5.74) is 0.493. The van der Waals surface area contributed by atoms with E-state index in [1.165, 1.54) is 0 Å². The van der Waals surface area contributed by atoms with Crippen LogP contribution in [0.1, 0.15) is 30.6 Å². The number of hydrogen-bond acceptors (Lipinski definition) is 3. The highest BCUT2D eigenvalue weighted by Gasteiger charge is 2.11. The van der Waals surface area contributed by atoms with Gasteiger partial charge in [-0.05, 0) is 25.5 Å². The highest BCUT2D eigenvalue weighted by Crippen LogP contribution is 2.13. The molecule has 0 unspecified atom stereocenters. The number of ether oxygens (including phenoxy) is 1. The van der Waals surface area contributed by atoms with Crippen LogP contribution in [-0.2, 0) is 0 Å². The molecular weight excluding hydrogens is 192 g/mol. The summed E-state index contributed by atoms with van der Waals surface area (Å²) in [6.07, 6.45) is 2.53. The molecule has 0 bridgehead atoms. The van der Waals surface area contributed by atoms with E-state index in [1.54, 1.807) is 18.3 Å². The summed E-state index contributed by atoms with van der Waals surface area (Å²) in [7, 11) is 0. The fourth-order valence-corrected chi connectivity index (χ4v) is 1.15. The van der Waals surface area contributed by atoms with Crippen molar-refractivity contribution in [1.82, 2.24) is 10.3 Å². The first-order valence-electron chi connectivity index (χ1n) is 5.15. The van der Waals surface area contributed by atoms with Gasteiger partial charge >= 0.3 is 0 Å². The molecule has 4 heteroatoms. The van der Waals surface area contributed by atoms with Crippen molar-refractivity contribution in [3.8, 4) is 5.88 Å². The van der Waals surface area contributed by atoms with Crippen LogP contribution in [0.15, 0.2) is 18.3 Å². The van der Waals surface area contributed by atoms with E-state index in [4.69, 9.17) is 4.74 Å². The number of pyridine rings is 1. The average Bonchev–Trinajstić information content (AvgIpc) is 2.27. The smallest absolute Gasteiger partial charge is 0.256 e. The molecule has 1 N–H and O–H groups in total. The van der Waals surface area contributed by atoms with Gasteiger partial charge in [-0.1, -0.05) is 6.92 Å².